The first-order valence-corrected chi connectivity index (χ1v) is 15.6. The smallest absolute Gasteiger partial charge is 0.193 e. The fourth-order valence-electron chi connectivity index (χ4n) is 3.46. The molecule has 4 heteroatoms. The number of unbranched alkanes of at least 4 members (excludes halogenated alkanes) is 7. The predicted molar refractivity (Wildman–Crippen MR) is 142 cm³/mol. The molecule has 0 saturated heterocycles. The molecule has 0 bridgehead atoms. The molecule has 2 aromatic carbocycles. The number of carbonyl (C=O) groups is 1. The normalized spacial score (nSPS) is 12.0. The predicted octanol–water partition coefficient (Wildman–Crippen LogP) is 8.44. The molecular formula is C29H44O3Si. The molecule has 0 fully saturated rings. The van der Waals surface area contributed by atoms with Gasteiger partial charge >= 0.3 is 0 Å². The van der Waals surface area contributed by atoms with Gasteiger partial charge in [0, 0.05) is 17.7 Å². The molecule has 2 aromatic rings. The highest BCUT2D eigenvalue weighted by atomic mass is 28.4. The lowest BCUT2D eigenvalue weighted by Gasteiger charge is -2.36. The van der Waals surface area contributed by atoms with E-state index in [9.17, 15) is 4.79 Å². The topological polar surface area (TPSA) is 35.5 Å². The van der Waals surface area contributed by atoms with Gasteiger partial charge in [0.2, 0.25) is 0 Å². The van der Waals surface area contributed by atoms with Gasteiger partial charge < -0.3 is 9.16 Å². The zero-order chi connectivity index (χ0) is 24.2. The van der Waals surface area contributed by atoms with Crippen molar-refractivity contribution in [3.63, 3.8) is 0 Å². The average molecular weight is 469 g/mol. The standard InChI is InChI=1S/C29H44O3Si/c1-29(2,3)33(4,5)32-24-16-11-9-7-6-8-10-15-23-31-27-21-19-26(20-22-27)28(30)25-17-13-12-14-18-25/h12-14,17-22H,6-11,15-16,23-24H2,1-5H3. The van der Waals surface area contributed by atoms with Crippen LogP contribution in [0.15, 0.2) is 54.6 Å². The van der Waals surface area contributed by atoms with Crippen molar-refractivity contribution in [3.05, 3.63) is 65.7 Å². The lowest BCUT2D eigenvalue weighted by molar-refractivity contribution is 0.103. The minimum Gasteiger partial charge on any atom is -0.494 e. The molecule has 33 heavy (non-hydrogen) atoms. The first-order valence-electron chi connectivity index (χ1n) is 12.7. The molecule has 0 aliphatic heterocycles. The Kier molecular flexibility index (Phi) is 11.4. The second-order valence-corrected chi connectivity index (χ2v) is 15.3. The minimum atomic E-state index is -1.57. The number of hydrogen-bond donors (Lipinski definition) is 0. The third-order valence-electron chi connectivity index (χ3n) is 6.73. The van der Waals surface area contributed by atoms with Crippen LogP contribution >= 0.6 is 0 Å². The number of ether oxygens (including phenoxy) is 1. The molecular weight excluding hydrogens is 424 g/mol. The van der Waals surface area contributed by atoms with Gasteiger partial charge in [-0.1, -0.05) is 89.6 Å². The Hall–Kier alpha value is -1.91. The summed E-state index contributed by atoms with van der Waals surface area (Å²) in [5.74, 6) is 0.879. The highest BCUT2D eigenvalue weighted by molar-refractivity contribution is 6.74. The second kappa shape index (κ2) is 13.7. The highest BCUT2D eigenvalue weighted by Gasteiger charge is 2.36. The number of hydrogen-bond acceptors (Lipinski definition) is 3. The molecule has 3 nitrogen and oxygen atoms in total. The Balaban J connectivity index is 1.47. The zero-order valence-electron chi connectivity index (χ0n) is 21.5. The molecule has 0 unspecified atom stereocenters. The summed E-state index contributed by atoms with van der Waals surface area (Å²) in [7, 11) is -1.57. The monoisotopic (exact) mass is 468 g/mol. The first kappa shape index (κ1) is 27.3. The van der Waals surface area contributed by atoms with E-state index in [1.807, 2.05) is 54.6 Å². The third kappa shape index (κ3) is 9.85. The van der Waals surface area contributed by atoms with Crippen molar-refractivity contribution in [1.29, 1.82) is 0 Å². The molecule has 0 aliphatic carbocycles. The Morgan fingerprint density at radius 1 is 0.697 bits per heavy atom. The van der Waals surface area contributed by atoms with E-state index in [0.29, 0.717) is 16.2 Å². The van der Waals surface area contributed by atoms with Gasteiger partial charge in [-0.05, 0) is 55.2 Å². The van der Waals surface area contributed by atoms with Gasteiger partial charge in [0.15, 0.2) is 14.1 Å². The number of ketones is 1. The van der Waals surface area contributed by atoms with E-state index in [0.717, 1.165) is 25.4 Å². The Morgan fingerprint density at radius 3 is 1.73 bits per heavy atom. The van der Waals surface area contributed by atoms with Crippen molar-refractivity contribution in [3.8, 4) is 5.75 Å². The Bertz CT molecular complexity index is 807. The van der Waals surface area contributed by atoms with Crippen LogP contribution in [0.2, 0.25) is 18.1 Å². The van der Waals surface area contributed by atoms with Crippen LogP contribution in [0.1, 0.15) is 88.1 Å². The molecule has 0 amide bonds. The number of benzene rings is 2. The molecule has 0 atom stereocenters. The van der Waals surface area contributed by atoms with Crippen molar-refractivity contribution in [2.75, 3.05) is 13.2 Å². The molecule has 0 N–H and O–H groups in total. The van der Waals surface area contributed by atoms with E-state index in [2.05, 4.69) is 33.9 Å². The third-order valence-corrected chi connectivity index (χ3v) is 11.3. The molecule has 0 heterocycles. The van der Waals surface area contributed by atoms with Crippen molar-refractivity contribution in [2.24, 2.45) is 0 Å². The van der Waals surface area contributed by atoms with Gasteiger partial charge in [0.05, 0.1) is 6.61 Å². The molecule has 0 radical (unpaired) electrons. The molecule has 0 aliphatic rings. The van der Waals surface area contributed by atoms with Gasteiger partial charge in [-0.15, -0.1) is 0 Å². The van der Waals surface area contributed by atoms with E-state index >= 15 is 0 Å². The summed E-state index contributed by atoms with van der Waals surface area (Å²) in [6.07, 6.45) is 9.96. The average Bonchev–Trinajstić information content (AvgIpc) is 2.79. The maximum atomic E-state index is 12.4. The van der Waals surface area contributed by atoms with Crippen LogP contribution in [0.25, 0.3) is 0 Å². The minimum absolute atomic E-state index is 0.0465. The lowest BCUT2D eigenvalue weighted by atomic mass is 10.0. The Morgan fingerprint density at radius 2 is 1.18 bits per heavy atom. The number of rotatable bonds is 15. The zero-order valence-corrected chi connectivity index (χ0v) is 22.5. The fourth-order valence-corrected chi connectivity index (χ4v) is 4.55. The SMILES string of the molecule is CC(C)(C)[Si](C)(C)OCCCCCCCCCCOc1ccc(C(=O)c2ccccc2)cc1. The van der Waals surface area contributed by atoms with E-state index < -0.39 is 8.32 Å². The van der Waals surface area contributed by atoms with Crippen molar-refractivity contribution >= 4 is 14.1 Å². The van der Waals surface area contributed by atoms with E-state index in [-0.39, 0.29) is 5.78 Å². The summed E-state index contributed by atoms with van der Waals surface area (Å²) >= 11 is 0. The first-order chi connectivity index (χ1) is 15.7. The molecule has 0 aromatic heterocycles. The summed E-state index contributed by atoms with van der Waals surface area (Å²) in [6.45, 7) is 13.2. The van der Waals surface area contributed by atoms with Crippen LogP contribution in [-0.2, 0) is 4.43 Å². The maximum Gasteiger partial charge on any atom is 0.193 e. The van der Waals surface area contributed by atoms with Gasteiger partial charge in [-0.25, -0.2) is 0 Å². The highest BCUT2D eigenvalue weighted by Crippen LogP contribution is 2.36. The van der Waals surface area contributed by atoms with Gasteiger partial charge in [0.25, 0.3) is 0 Å². The van der Waals surface area contributed by atoms with Crippen molar-refractivity contribution in [1.82, 2.24) is 0 Å². The van der Waals surface area contributed by atoms with E-state index in [1.54, 1.807) is 0 Å². The molecule has 182 valence electrons. The van der Waals surface area contributed by atoms with Crippen molar-refractivity contribution < 1.29 is 14.0 Å². The van der Waals surface area contributed by atoms with Crippen molar-refractivity contribution in [2.45, 2.75) is 90.3 Å². The summed E-state index contributed by atoms with van der Waals surface area (Å²) in [6, 6.07) is 16.9. The molecule has 0 saturated carbocycles. The van der Waals surface area contributed by atoms with Gasteiger partial charge in [-0.3, -0.25) is 4.79 Å². The van der Waals surface area contributed by atoms with Crippen LogP contribution in [0, 0.1) is 0 Å². The summed E-state index contributed by atoms with van der Waals surface area (Å²) < 4.78 is 12.1. The van der Waals surface area contributed by atoms with E-state index in [1.165, 1.54) is 44.9 Å². The maximum absolute atomic E-state index is 12.4. The second-order valence-electron chi connectivity index (χ2n) is 10.5. The summed E-state index contributed by atoms with van der Waals surface area (Å²) in [4.78, 5) is 12.4. The van der Waals surface area contributed by atoms with Crippen LogP contribution < -0.4 is 4.74 Å². The fraction of sp³-hybridized carbons (Fsp3) is 0.552. The number of carbonyl (C=O) groups excluding carboxylic acids is 1. The van der Waals surface area contributed by atoms with Gasteiger partial charge in [0.1, 0.15) is 5.75 Å². The Labute approximate surface area is 203 Å². The molecule has 0 spiro atoms. The lowest BCUT2D eigenvalue weighted by Crippen LogP contribution is -2.40. The van der Waals surface area contributed by atoms with E-state index in [4.69, 9.17) is 9.16 Å². The van der Waals surface area contributed by atoms with Crippen LogP contribution in [0.3, 0.4) is 0 Å². The summed E-state index contributed by atoms with van der Waals surface area (Å²) in [5.41, 5.74) is 1.41. The van der Waals surface area contributed by atoms with Crippen LogP contribution in [0.4, 0.5) is 0 Å². The van der Waals surface area contributed by atoms with Gasteiger partial charge in [-0.2, -0.15) is 0 Å². The van der Waals surface area contributed by atoms with Crippen LogP contribution in [-0.4, -0.2) is 27.3 Å². The molecule has 2 rings (SSSR count). The quantitative estimate of drug-likeness (QED) is 0.149. The summed E-state index contributed by atoms with van der Waals surface area (Å²) in [5, 5.41) is 0.307. The largest absolute Gasteiger partial charge is 0.494 e. The van der Waals surface area contributed by atoms with Crippen LogP contribution in [0.5, 0.6) is 5.75 Å².